The maximum atomic E-state index is 12.7. The summed E-state index contributed by atoms with van der Waals surface area (Å²) in [5.74, 6) is -1.13. The van der Waals surface area contributed by atoms with E-state index in [1.807, 2.05) is 60.7 Å². The highest BCUT2D eigenvalue weighted by Gasteiger charge is 2.24. The number of rotatable bonds is 9. The summed E-state index contributed by atoms with van der Waals surface area (Å²) in [5, 5.41) is 5.07. The van der Waals surface area contributed by atoms with Gasteiger partial charge >= 0.3 is 12.1 Å². The van der Waals surface area contributed by atoms with Gasteiger partial charge in [-0.05, 0) is 16.7 Å². The second-order valence-electron chi connectivity index (χ2n) is 6.91. The number of carbonyl (C=O) groups is 3. The molecule has 3 aromatic rings. The number of hydrogen-bond acceptors (Lipinski definition) is 5. The minimum Gasteiger partial charge on any atom is -0.460 e. The third kappa shape index (κ3) is 7.28. The Balaban J connectivity index is 1.54. The smallest absolute Gasteiger partial charge is 0.408 e. The lowest BCUT2D eigenvalue weighted by Crippen LogP contribution is -2.42. The van der Waals surface area contributed by atoms with Crippen molar-refractivity contribution < 1.29 is 23.9 Å². The Morgan fingerprint density at radius 3 is 1.75 bits per heavy atom. The van der Waals surface area contributed by atoms with Crippen LogP contribution in [0.4, 0.5) is 4.79 Å². The van der Waals surface area contributed by atoms with E-state index in [0.29, 0.717) is 5.56 Å². The Hall–Kier alpha value is -4.13. The van der Waals surface area contributed by atoms with Crippen molar-refractivity contribution in [1.29, 1.82) is 0 Å². The summed E-state index contributed by atoms with van der Waals surface area (Å²) in [6.45, 7) is -0.140. The molecule has 1 atom stereocenters. The van der Waals surface area contributed by atoms with Gasteiger partial charge in [-0.25, -0.2) is 4.79 Å². The lowest BCUT2D eigenvalue weighted by Gasteiger charge is -2.18. The van der Waals surface area contributed by atoms with Gasteiger partial charge in [-0.1, -0.05) is 91.0 Å². The molecule has 0 aliphatic heterocycles. The van der Waals surface area contributed by atoms with Crippen LogP contribution in [-0.4, -0.2) is 24.5 Å². The number of hydrogen-bond donors (Lipinski definition) is 2. The summed E-state index contributed by atoms with van der Waals surface area (Å²) >= 11 is 0. The summed E-state index contributed by atoms with van der Waals surface area (Å²) in [6.07, 6.45) is -0.746. The maximum Gasteiger partial charge on any atom is 0.408 e. The molecule has 0 radical (unpaired) electrons. The van der Waals surface area contributed by atoms with E-state index in [0.717, 1.165) is 11.1 Å². The van der Waals surface area contributed by atoms with Crippen LogP contribution >= 0.6 is 0 Å². The molecule has 0 heterocycles. The van der Waals surface area contributed by atoms with Crippen LogP contribution in [0.3, 0.4) is 0 Å². The normalized spacial score (nSPS) is 11.1. The molecule has 3 rings (SSSR count). The molecule has 7 nitrogen and oxygen atoms in total. The van der Waals surface area contributed by atoms with E-state index in [1.165, 1.54) is 0 Å². The first-order chi connectivity index (χ1) is 15.6. The SMILES string of the molecule is O=C(CNC(=O)[C@H](NC(=O)OCc1ccccc1)c1ccccc1)OCc1ccccc1. The number of alkyl carbamates (subject to hydrolysis) is 1. The van der Waals surface area contributed by atoms with Crippen molar-refractivity contribution in [3.8, 4) is 0 Å². The molecule has 0 aromatic heterocycles. The molecule has 0 saturated heterocycles. The Bertz CT molecular complexity index is 1010. The van der Waals surface area contributed by atoms with Gasteiger partial charge in [-0.3, -0.25) is 9.59 Å². The van der Waals surface area contributed by atoms with Gasteiger partial charge in [0, 0.05) is 0 Å². The van der Waals surface area contributed by atoms with Crippen LogP contribution in [0.1, 0.15) is 22.7 Å². The molecule has 2 amide bonds. The summed E-state index contributed by atoms with van der Waals surface area (Å²) in [4.78, 5) is 37.1. The quantitative estimate of drug-likeness (QED) is 0.505. The Morgan fingerprint density at radius 2 is 1.19 bits per heavy atom. The first-order valence-corrected chi connectivity index (χ1v) is 10.1. The second-order valence-corrected chi connectivity index (χ2v) is 6.91. The van der Waals surface area contributed by atoms with Gasteiger partial charge in [-0.15, -0.1) is 0 Å². The molecular formula is C25H24N2O5. The molecule has 3 aromatic carbocycles. The zero-order chi connectivity index (χ0) is 22.6. The fourth-order valence-electron chi connectivity index (χ4n) is 2.88. The van der Waals surface area contributed by atoms with Gasteiger partial charge in [-0.2, -0.15) is 0 Å². The van der Waals surface area contributed by atoms with Crippen LogP contribution in [0.5, 0.6) is 0 Å². The van der Waals surface area contributed by atoms with Crippen LogP contribution in [0.25, 0.3) is 0 Å². The average molecular weight is 432 g/mol. The number of benzene rings is 3. The molecular weight excluding hydrogens is 408 g/mol. The number of ether oxygens (including phenoxy) is 2. The van der Waals surface area contributed by atoms with Gasteiger partial charge in [0.25, 0.3) is 0 Å². The van der Waals surface area contributed by atoms with Crippen molar-refractivity contribution in [3.63, 3.8) is 0 Å². The zero-order valence-electron chi connectivity index (χ0n) is 17.4. The average Bonchev–Trinajstić information content (AvgIpc) is 2.85. The minimum absolute atomic E-state index is 0.0710. The van der Waals surface area contributed by atoms with Crippen LogP contribution < -0.4 is 10.6 Å². The second kappa shape index (κ2) is 11.9. The molecule has 0 aliphatic carbocycles. The standard InChI is InChI=1S/C25H24N2O5/c28-22(31-17-19-10-4-1-5-11-19)16-26-24(29)23(21-14-8-3-9-15-21)27-25(30)32-18-20-12-6-2-7-13-20/h1-15,23H,16-18H2,(H,26,29)(H,27,30)/t23-/m1/s1. The van der Waals surface area contributed by atoms with Gasteiger partial charge in [0.05, 0.1) is 0 Å². The van der Waals surface area contributed by atoms with Crippen LogP contribution in [0.2, 0.25) is 0 Å². The van der Waals surface area contributed by atoms with Gasteiger partial charge in [0.2, 0.25) is 5.91 Å². The molecule has 0 unspecified atom stereocenters. The first-order valence-electron chi connectivity index (χ1n) is 10.1. The fourth-order valence-corrected chi connectivity index (χ4v) is 2.88. The van der Waals surface area contributed by atoms with Gasteiger partial charge in [0.15, 0.2) is 0 Å². The molecule has 0 bridgehead atoms. The predicted octanol–water partition coefficient (Wildman–Crippen LogP) is 3.51. The zero-order valence-corrected chi connectivity index (χ0v) is 17.4. The monoisotopic (exact) mass is 432 g/mol. The highest BCUT2D eigenvalue weighted by molar-refractivity contribution is 5.89. The van der Waals surface area contributed by atoms with Crippen LogP contribution in [0.15, 0.2) is 91.0 Å². The molecule has 0 spiro atoms. The van der Waals surface area contributed by atoms with E-state index in [9.17, 15) is 14.4 Å². The third-order valence-electron chi connectivity index (χ3n) is 4.52. The van der Waals surface area contributed by atoms with Crippen molar-refractivity contribution in [3.05, 3.63) is 108 Å². The fraction of sp³-hybridized carbons (Fsp3) is 0.160. The van der Waals surface area contributed by atoms with Gasteiger partial charge in [0.1, 0.15) is 25.8 Å². The first kappa shape index (κ1) is 22.6. The Labute approximate surface area is 186 Å². The summed E-state index contributed by atoms with van der Waals surface area (Å²) in [5.41, 5.74) is 2.22. The summed E-state index contributed by atoms with van der Waals surface area (Å²) in [7, 11) is 0. The van der Waals surface area contributed by atoms with Crippen molar-refractivity contribution in [2.45, 2.75) is 19.3 Å². The minimum atomic E-state index is -1.03. The highest BCUT2D eigenvalue weighted by Crippen LogP contribution is 2.13. The molecule has 0 saturated carbocycles. The highest BCUT2D eigenvalue weighted by atomic mass is 16.5. The topological polar surface area (TPSA) is 93.7 Å². The predicted molar refractivity (Wildman–Crippen MR) is 118 cm³/mol. The van der Waals surface area contributed by atoms with Gasteiger partial charge < -0.3 is 20.1 Å². The molecule has 7 heteroatoms. The van der Waals surface area contributed by atoms with Crippen LogP contribution in [-0.2, 0) is 32.3 Å². The van der Waals surface area contributed by atoms with Crippen molar-refractivity contribution in [1.82, 2.24) is 10.6 Å². The van der Waals surface area contributed by atoms with Crippen molar-refractivity contribution in [2.75, 3.05) is 6.54 Å². The molecule has 0 aliphatic rings. The van der Waals surface area contributed by atoms with E-state index in [1.54, 1.807) is 30.3 Å². The van der Waals surface area contributed by atoms with E-state index in [-0.39, 0.29) is 19.8 Å². The molecule has 0 fully saturated rings. The number of nitrogens with one attached hydrogen (secondary N) is 2. The van der Waals surface area contributed by atoms with Crippen molar-refractivity contribution in [2.24, 2.45) is 0 Å². The number of amides is 2. The van der Waals surface area contributed by atoms with Crippen LogP contribution in [0, 0.1) is 0 Å². The molecule has 32 heavy (non-hydrogen) atoms. The van der Waals surface area contributed by atoms with Crippen molar-refractivity contribution >= 4 is 18.0 Å². The lowest BCUT2D eigenvalue weighted by molar-refractivity contribution is -0.145. The maximum absolute atomic E-state index is 12.7. The number of carbonyl (C=O) groups excluding carboxylic acids is 3. The third-order valence-corrected chi connectivity index (χ3v) is 4.52. The molecule has 164 valence electrons. The largest absolute Gasteiger partial charge is 0.460 e. The van der Waals surface area contributed by atoms with E-state index in [2.05, 4.69) is 10.6 Å². The van der Waals surface area contributed by atoms with E-state index in [4.69, 9.17) is 9.47 Å². The summed E-state index contributed by atoms with van der Waals surface area (Å²) in [6, 6.07) is 26.1. The number of esters is 1. The van der Waals surface area contributed by atoms with E-state index >= 15 is 0 Å². The lowest BCUT2D eigenvalue weighted by atomic mass is 10.1. The Morgan fingerprint density at radius 1 is 0.688 bits per heavy atom. The molecule has 2 N–H and O–H groups in total. The van der Waals surface area contributed by atoms with E-state index < -0.39 is 24.0 Å². The Kier molecular flexibility index (Phi) is 8.39. The summed E-state index contributed by atoms with van der Waals surface area (Å²) < 4.78 is 10.4.